The Labute approximate surface area is 215 Å². The lowest BCUT2D eigenvalue weighted by atomic mass is 9.92. The van der Waals surface area contributed by atoms with Gasteiger partial charge in [-0.05, 0) is 82.8 Å². The van der Waals surface area contributed by atoms with Gasteiger partial charge in [-0.3, -0.25) is 9.59 Å². The molecule has 3 rings (SSSR count). The summed E-state index contributed by atoms with van der Waals surface area (Å²) in [4.78, 5) is 24.5. The number of carboxylic acid groups (broad SMARTS) is 1. The number of unbranched alkanes of at least 4 members (excludes halogenated alkanes) is 2. The Balaban J connectivity index is 1.57. The molecule has 34 heavy (non-hydrogen) atoms. The number of benzene rings is 3. The molecule has 0 aliphatic carbocycles. The number of ether oxygens (including phenoxy) is 1. The van der Waals surface area contributed by atoms with Crippen LogP contribution in [0, 0.1) is 9.49 Å². The predicted molar refractivity (Wildman–Crippen MR) is 144 cm³/mol. The van der Waals surface area contributed by atoms with Crippen molar-refractivity contribution in [1.29, 1.82) is 0 Å². The minimum Gasteiger partial charge on any atom is -0.494 e. The first-order valence-electron chi connectivity index (χ1n) is 11.8. The summed E-state index contributed by atoms with van der Waals surface area (Å²) >= 11 is 2.24. The van der Waals surface area contributed by atoms with E-state index in [-0.39, 0.29) is 12.2 Å². The number of carbonyl (C=O) groups excluding carboxylic acids is 1. The van der Waals surface area contributed by atoms with Crippen LogP contribution >= 0.6 is 22.6 Å². The van der Waals surface area contributed by atoms with Crippen LogP contribution in [0.2, 0.25) is 0 Å². The highest BCUT2D eigenvalue weighted by atomic mass is 127. The average Bonchev–Trinajstić information content (AvgIpc) is 2.84. The summed E-state index contributed by atoms with van der Waals surface area (Å²) in [5.74, 6) is -0.906. The summed E-state index contributed by atoms with van der Waals surface area (Å²) in [5, 5.41) is 9.63. The number of carbonyl (C=O) groups is 2. The normalized spacial score (nSPS) is 11.7. The van der Waals surface area contributed by atoms with Gasteiger partial charge in [0.25, 0.3) is 0 Å². The first kappa shape index (κ1) is 25.9. The van der Waals surface area contributed by atoms with Gasteiger partial charge < -0.3 is 9.84 Å². The highest BCUT2D eigenvalue weighted by Gasteiger charge is 2.22. The van der Waals surface area contributed by atoms with E-state index in [1.165, 1.54) is 12.8 Å². The third-order valence-electron chi connectivity index (χ3n) is 5.86. The maximum atomic E-state index is 12.8. The second-order valence-electron chi connectivity index (χ2n) is 8.49. The molecular formula is C29H31IO4. The van der Waals surface area contributed by atoms with Crippen LogP contribution in [0.5, 0.6) is 5.75 Å². The lowest BCUT2D eigenvalue weighted by Crippen LogP contribution is -2.19. The monoisotopic (exact) mass is 570 g/mol. The second kappa shape index (κ2) is 13.3. The number of carboxylic acids is 1. The molecule has 0 saturated carbocycles. The summed E-state index contributed by atoms with van der Waals surface area (Å²) in [6.45, 7) is 2.90. The number of rotatable bonds is 13. The Kier molecular flexibility index (Phi) is 10.1. The van der Waals surface area contributed by atoms with Gasteiger partial charge in [-0.1, -0.05) is 68.3 Å². The van der Waals surface area contributed by atoms with Crippen molar-refractivity contribution in [3.05, 3.63) is 87.5 Å². The molecule has 0 radical (unpaired) electrons. The van der Waals surface area contributed by atoms with Crippen molar-refractivity contribution >= 4 is 34.3 Å². The lowest BCUT2D eigenvalue weighted by molar-refractivity contribution is -0.141. The molecule has 3 aromatic carbocycles. The van der Waals surface area contributed by atoms with Gasteiger partial charge in [0.05, 0.1) is 12.5 Å². The van der Waals surface area contributed by atoms with E-state index in [0.717, 1.165) is 39.0 Å². The van der Waals surface area contributed by atoms with E-state index >= 15 is 0 Å². The Bertz CT molecular complexity index is 1070. The van der Waals surface area contributed by atoms with E-state index in [9.17, 15) is 14.7 Å². The maximum Gasteiger partial charge on any atom is 0.306 e. The zero-order valence-electron chi connectivity index (χ0n) is 19.5. The van der Waals surface area contributed by atoms with Gasteiger partial charge in [0.2, 0.25) is 0 Å². The molecule has 1 unspecified atom stereocenters. The third kappa shape index (κ3) is 7.97. The van der Waals surface area contributed by atoms with E-state index in [1.807, 2.05) is 60.7 Å². The van der Waals surface area contributed by atoms with E-state index < -0.39 is 11.9 Å². The number of Topliss-reactive ketones (excluding diaryl/α,β-unsaturated/α-hetero) is 1. The minimum atomic E-state index is -0.924. The molecule has 0 saturated heterocycles. The van der Waals surface area contributed by atoms with Gasteiger partial charge >= 0.3 is 5.97 Å². The fourth-order valence-electron chi connectivity index (χ4n) is 3.82. The SMILES string of the molecule is CCCCCOc1ccc(-c2ccc(C(=O)CC(CCc3cccc(I)c3)C(=O)O)cc2)cc1. The molecule has 1 atom stereocenters. The summed E-state index contributed by atoms with van der Waals surface area (Å²) < 4.78 is 6.88. The van der Waals surface area contributed by atoms with Crippen molar-refractivity contribution in [2.24, 2.45) is 5.92 Å². The fraction of sp³-hybridized carbons (Fsp3) is 0.310. The van der Waals surface area contributed by atoms with Gasteiger partial charge in [0, 0.05) is 15.6 Å². The Morgan fingerprint density at radius 1 is 0.941 bits per heavy atom. The molecule has 3 aromatic rings. The maximum absolute atomic E-state index is 12.8. The van der Waals surface area contributed by atoms with Gasteiger partial charge in [0.15, 0.2) is 5.78 Å². The van der Waals surface area contributed by atoms with Gasteiger partial charge in [-0.25, -0.2) is 0 Å². The molecule has 178 valence electrons. The van der Waals surface area contributed by atoms with Gasteiger partial charge in [-0.15, -0.1) is 0 Å². The Hall–Kier alpha value is -2.67. The molecule has 0 bridgehead atoms. The lowest BCUT2D eigenvalue weighted by Gasteiger charge is -2.12. The predicted octanol–water partition coefficient (Wildman–Crippen LogP) is 7.43. The van der Waals surface area contributed by atoms with E-state index in [1.54, 1.807) is 12.1 Å². The van der Waals surface area contributed by atoms with Crippen LogP contribution in [0.15, 0.2) is 72.8 Å². The van der Waals surface area contributed by atoms with Crippen LogP contribution in [0.1, 0.15) is 54.9 Å². The molecule has 4 nitrogen and oxygen atoms in total. The molecule has 0 aromatic heterocycles. The fourth-order valence-corrected chi connectivity index (χ4v) is 4.43. The average molecular weight is 570 g/mol. The number of hydrogen-bond donors (Lipinski definition) is 1. The van der Waals surface area contributed by atoms with E-state index in [4.69, 9.17) is 4.74 Å². The van der Waals surface area contributed by atoms with Crippen LogP contribution in [0.3, 0.4) is 0 Å². The third-order valence-corrected chi connectivity index (χ3v) is 6.53. The Morgan fingerprint density at radius 3 is 2.24 bits per heavy atom. The van der Waals surface area contributed by atoms with Crippen molar-refractivity contribution in [3.8, 4) is 16.9 Å². The van der Waals surface area contributed by atoms with Crippen LogP contribution < -0.4 is 4.74 Å². The van der Waals surface area contributed by atoms with Gasteiger partial charge in [-0.2, -0.15) is 0 Å². The van der Waals surface area contributed by atoms with Crippen LogP contribution in [-0.4, -0.2) is 23.5 Å². The molecule has 0 amide bonds. The van der Waals surface area contributed by atoms with E-state index in [2.05, 4.69) is 29.5 Å². The number of aliphatic carboxylic acids is 1. The van der Waals surface area contributed by atoms with Gasteiger partial charge in [0.1, 0.15) is 5.75 Å². The zero-order chi connectivity index (χ0) is 24.3. The quantitative estimate of drug-likeness (QED) is 0.132. The number of ketones is 1. The first-order valence-corrected chi connectivity index (χ1v) is 12.9. The van der Waals surface area contributed by atoms with Crippen molar-refractivity contribution in [1.82, 2.24) is 0 Å². The van der Waals surface area contributed by atoms with Crippen molar-refractivity contribution in [2.75, 3.05) is 6.61 Å². The minimum absolute atomic E-state index is 0.00265. The molecule has 0 heterocycles. The largest absolute Gasteiger partial charge is 0.494 e. The molecule has 0 fully saturated rings. The highest BCUT2D eigenvalue weighted by Crippen LogP contribution is 2.24. The Morgan fingerprint density at radius 2 is 1.62 bits per heavy atom. The van der Waals surface area contributed by atoms with Crippen LogP contribution in [0.4, 0.5) is 0 Å². The highest BCUT2D eigenvalue weighted by molar-refractivity contribution is 14.1. The summed E-state index contributed by atoms with van der Waals surface area (Å²) in [7, 11) is 0. The molecule has 0 aliphatic heterocycles. The summed E-state index contributed by atoms with van der Waals surface area (Å²) in [5.41, 5.74) is 3.68. The number of halogens is 1. The van der Waals surface area contributed by atoms with Crippen molar-refractivity contribution in [3.63, 3.8) is 0 Å². The molecule has 0 aliphatic rings. The number of hydrogen-bond acceptors (Lipinski definition) is 3. The van der Waals surface area contributed by atoms with E-state index in [0.29, 0.717) is 18.4 Å². The second-order valence-corrected chi connectivity index (χ2v) is 9.73. The molecule has 0 spiro atoms. The van der Waals surface area contributed by atoms with Crippen LogP contribution in [-0.2, 0) is 11.2 Å². The smallest absolute Gasteiger partial charge is 0.306 e. The zero-order valence-corrected chi connectivity index (χ0v) is 21.7. The summed E-state index contributed by atoms with van der Waals surface area (Å²) in [6, 6.07) is 23.3. The molecule has 1 N–H and O–H groups in total. The molecule has 5 heteroatoms. The molecular weight excluding hydrogens is 539 g/mol. The topological polar surface area (TPSA) is 63.6 Å². The summed E-state index contributed by atoms with van der Waals surface area (Å²) in [6.07, 6.45) is 4.48. The van der Waals surface area contributed by atoms with Crippen molar-refractivity contribution < 1.29 is 19.4 Å². The number of aryl methyl sites for hydroxylation is 1. The van der Waals surface area contributed by atoms with Crippen molar-refractivity contribution in [2.45, 2.75) is 45.4 Å². The standard InChI is InChI=1S/C29H31IO4/c1-2-3-4-18-34-27-16-14-23(15-17-27)22-10-12-24(13-11-22)28(31)20-25(29(32)33)9-8-21-6-5-7-26(30)19-21/h5-7,10-17,19,25H,2-4,8-9,18,20H2,1H3,(H,32,33). The first-order chi connectivity index (χ1) is 16.5. The van der Waals surface area contributed by atoms with Crippen LogP contribution in [0.25, 0.3) is 11.1 Å².